The Balaban J connectivity index is 1.68. The molecule has 0 bridgehead atoms. The minimum atomic E-state index is 0.278. The lowest BCUT2D eigenvalue weighted by Crippen LogP contribution is -2.49. The molecule has 0 unspecified atom stereocenters. The fraction of sp³-hybridized carbons (Fsp3) is 0.929. The molecule has 2 saturated heterocycles. The molecule has 2 heterocycles. The number of thioether (sulfide) groups is 1. The third kappa shape index (κ3) is 4.56. The summed E-state index contributed by atoms with van der Waals surface area (Å²) in [7, 11) is 0. The number of likely N-dealkylation sites (tertiary alicyclic amines) is 1. The Morgan fingerprint density at radius 1 is 1.16 bits per heavy atom. The van der Waals surface area contributed by atoms with Crippen molar-refractivity contribution in [2.75, 3.05) is 50.8 Å². The lowest BCUT2D eigenvalue weighted by atomic mass is 9.97. The monoisotopic (exact) mass is 285 g/mol. The standard InChI is InChI=1S/C14H27N3OS/c1-2-5-15-12-13-3-6-16(7-4-13)14(18)17-8-10-19-11-9-17/h13,15H,2-12H2,1H3. The molecule has 2 amide bonds. The number of piperidine rings is 1. The summed E-state index contributed by atoms with van der Waals surface area (Å²) in [6, 6.07) is 0.278. The van der Waals surface area contributed by atoms with Crippen LogP contribution < -0.4 is 5.32 Å². The minimum absolute atomic E-state index is 0.278. The highest BCUT2D eigenvalue weighted by Gasteiger charge is 2.26. The first kappa shape index (κ1) is 15.0. The zero-order chi connectivity index (χ0) is 13.5. The molecule has 2 aliphatic rings. The first-order chi connectivity index (χ1) is 9.31. The zero-order valence-corrected chi connectivity index (χ0v) is 12.9. The van der Waals surface area contributed by atoms with Crippen LogP contribution in [0.4, 0.5) is 4.79 Å². The number of carbonyl (C=O) groups is 1. The molecule has 0 aliphatic carbocycles. The van der Waals surface area contributed by atoms with Crippen LogP contribution in [0.5, 0.6) is 0 Å². The van der Waals surface area contributed by atoms with Crippen molar-refractivity contribution in [1.29, 1.82) is 0 Å². The van der Waals surface area contributed by atoms with Crippen LogP contribution >= 0.6 is 11.8 Å². The van der Waals surface area contributed by atoms with Crippen LogP contribution in [0.15, 0.2) is 0 Å². The van der Waals surface area contributed by atoms with Gasteiger partial charge < -0.3 is 15.1 Å². The van der Waals surface area contributed by atoms with Crippen LogP contribution in [-0.2, 0) is 0 Å². The summed E-state index contributed by atoms with van der Waals surface area (Å²) in [6.07, 6.45) is 3.51. The molecule has 1 N–H and O–H groups in total. The molecule has 2 rings (SSSR count). The third-order valence-corrected chi connectivity index (χ3v) is 4.97. The van der Waals surface area contributed by atoms with Gasteiger partial charge in [-0.15, -0.1) is 0 Å². The van der Waals surface area contributed by atoms with Gasteiger partial charge in [-0.05, 0) is 38.3 Å². The van der Waals surface area contributed by atoms with E-state index in [9.17, 15) is 4.79 Å². The van der Waals surface area contributed by atoms with Gasteiger partial charge in [-0.3, -0.25) is 0 Å². The first-order valence-electron chi connectivity index (χ1n) is 7.63. The molecule has 19 heavy (non-hydrogen) atoms. The van der Waals surface area contributed by atoms with E-state index in [0.29, 0.717) is 0 Å². The number of hydrogen-bond acceptors (Lipinski definition) is 3. The maximum atomic E-state index is 12.3. The Labute approximate surface area is 121 Å². The maximum Gasteiger partial charge on any atom is 0.320 e. The van der Waals surface area contributed by atoms with Gasteiger partial charge in [-0.2, -0.15) is 11.8 Å². The van der Waals surface area contributed by atoms with E-state index in [1.54, 1.807) is 0 Å². The molecule has 0 atom stereocenters. The third-order valence-electron chi connectivity index (χ3n) is 4.03. The molecule has 0 aromatic carbocycles. The molecule has 2 fully saturated rings. The number of nitrogens with zero attached hydrogens (tertiary/aromatic N) is 2. The van der Waals surface area contributed by atoms with Gasteiger partial charge in [0, 0.05) is 37.7 Å². The fourth-order valence-electron chi connectivity index (χ4n) is 2.77. The van der Waals surface area contributed by atoms with Gasteiger partial charge in [0.05, 0.1) is 0 Å². The Morgan fingerprint density at radius 2 is 1.79 bits per heavy atom. The molecular weight excluding hydrogens is 258 g/mol. The predicted molar refractivity (Wildman–Crippen MR) is 81.8 cm³/mol. The first-order valence-corrected chi connectivity index (χ1v) is 8.79. The topological polar surface area (TPSA) is 35.6 Å². The molecular formula is C14H27N3OS. The summed E-state index contributed by atoms with van der Waals surface area (Å²) in [6.45, 7) is 8.19. The van der Waals surface area contributed by atoms with Gasteiger partial charge in [0.1, 0.15) is 0 Å². The number of amides is 2. The molecule has 0 aromatic heterocycles. The SMILES string of the molecule is CCCNCC1CCN(C(=O)N2CCSCC2)CC1. The van der Waals surface area contributed by atoms with E-state index in [0.717, 1.165) is 69.5 Å². The molecule has 0 radical (unpaired) electrons. The van der Waals surface area contributed by atoms with E-state index in [2.05, 4.69) is 17.1 Å². The average Bonchev–Trinajstić information content (AvgIpc) is 2.48. The number of hydrogen-bond donors (Lipinski definition) is 1. The van der Waals surface area contributed by atoms with Crippen molar-refractivity contribution in [3.05, 3.63) is 0 Å². The molecule has 2 aliphatic heterocycles. The van der Waals surface area contributed by atoms with Crippen LogP contribution in [0.25, 0.3) is 0 Å². The van der Waals surface area contributed by atoms with Crippen LogP contribution in [-0.4, -0.2) is 66.6 Å². The largest absolute Gasteiger partial charge is 0.325 e. The van der Waals surface area contributed by atoms with Crippen molar-refractivity contribution in [3.63, 3.8) is 0 Å². The van der Waals surface area contributed by atoms with E-state index in [-0.39, 0.29) is 6.03 Å². The Bertz CT molecular complexity index is 274. The van der Waals surface area contributed by atoms with Crippen LogP contribution in [0, 0.1) is 5.92 Å². The van der Waals surface area contributed by atoms with E-state index in [1.807, 2.05) is 16.7 Å². The number of nitrogens with one attached hydrogen (secondary N) is 1. The summed E-state index contributed by atoms with van der Waals surface area (Å²) in [5.74, 6) is 2.96. The summed E-state index contributed by atoms with van der Waals surface area (Å²) in [5.41, 5.74) is 0. The van der Waals surface area contributed by atoms with Gasteiger partial charge in [-0.25, -0.2) is 4.79 Å². The van der Waals surface area contributed by atoms with E-state index in [4.69, 9.17) is 0 Å². The summed E-state index contributed by atoms with van der Waals surface area (Å²) in [4.78, 5) is 16.4. The summed E-state index contributed by atoms with van der Waals surface area (Å²) < 4.78 is 0. The molecule has 0 aromatic rings. The Morgan fingerprint density at radius 3 is 2.42 bits per heavy atom. The number of urea groups is 1. The van der Waals surface area contributed by atoms with Crippen molar-refractivity contribution in [2.24, 2.45) is 5.92 Å². The van der Waals surface area contributed by atoms with Gasteiger partial charge >= 0.3 is 6.03 Å². The molecule has 0 saturated carbocycles. The maximum absolute atomic E-state index is 12.3. The summed E-state index contributed by atoms with van der Waals surface area (Å²) in [5, 5.41) is 3.50. The second-order valence-electron chi connectivity index (χ2n) is 5.52. The highest BCUT2D eigenvalue weighted by atomic mass is 32.2. The second-order valence-corrected chi connectivity index (χ2v) is 6.74. The smallest absolute Gasteiger partial charge is 0.320 e. The lowest BCUT2D eigenvalue weighted by molar-refractivity contribution is 0.135. The van der Waals surface area contributed by atoms with Gasteiger partial charge in [-0.1, -0.05) is 6.92 Å². The van der Waals surface area contributed by atoms with Crippen LogP contribution in [0.3, 0.4) is 0 Å². The average molecular weight is 285 g/mol. The minimum Gasteiger partial charge on any atom is -0.325 e. The van der Waals surface area contributed by atoms with Crippen molar-refractivity contribution in [1.82, 2.24) is 15.1 Å². The molecule has 0 spiro atoms. The van der Waals surface area contributed by atoms with Crippen molar-refractivity contribution < 1.29 is 4.79 Å². The highest BCUT2D eigenvalue weighted by molar-refractivity contribution is 7.99. The van der Waals surface area contributed by atoms with Crippen LogP contribution in [0.2, 0.25) is 0 Å². The fourth-order valence-corrected chi connectivity index (χ4v) is 3.67. The predicted octanol–water partition coefficient (Wildman–Crippen LogP) is 1.87. The quantitative estimate of drug-likeness (QED) is 0.801. The van der Waals surface area contributed by atoms with Crippen molar-refractivity contribution in [2.45, 2.75) is 26.2 Å². The van der Waals surface area contributed by atoms with Gasteiger partial charge in [0.2, 0.25) is 0 Å². The lowest BCUT2D eigenvalue weighted by Gasteiger charge is -2.37. The van der Waals surface area contributed by atoms with Crippen LogP contribution in [0.1, 0.15) is 26.2 Å². The van der Waals surface area contributed by atoms with E-state index < -0.39 is 0 Å². The second kappa shape index (κ2) is 8.00. The number of carbonyl (C=O) groups excluding carboxylic acids is 1. The Hall–Kier alpha value is -0.420. The Kier molecular flexibility index (Phi) is 6.31. The van der Waals surface area contributed by atoms with Crippen molar-refractivity contribution in [3.8, 4) is 0 Å². The van der Waals surface area contributed by atoms with E-state index >= 15 is 0 Å². The number of rotatable bonds is 4. The normalized spacial score (nSPS) is 21.7. The molecule has 5 heteroatoms. The molecule has 110 valence electrons. The highest BCUT2D eigenvalue weighted by Crippen LogP contribution is 2.19. The van der Waals surface area contributed by atoms with E-state index in [1.165, 1.54) is 6.42 Å². The molecule has 4 nitrogen and oxygen atoms in total. The van der Waals surface area contributed by atoms with Gasteiger partial charge in [0.25, 0.3) is 0 Å². The summed E-state index contributed by atoms with van der Waals surface area (Å²) >= 11 is 1.95. The zero-order valence-electron chi connectivity index (χ0n) is 12.1. The van der Waals surface area contributed by atoms with Crippen molar-refractivity contribution >= 4 is 17.8 Å². The van der Waals surface area contributed by atoms with Gasteiger partial charge in [0.15, 0.2) is 0 Å².